The second kappa shape index (κ2) is 6.58. The SMILES string of the molecule is CCC(CC1CC1)NC(CC)c1cccc(Cl)c1. The van der Waals surface area contributed by atoms with E-state index >= 15 is 0 Å². The molecule has 1 saturated carbocycles. The largest absolute Gasteiger partial charge is 0.307 e. The summed E-state index contributed by atoms with van der Waals surface area (Å²) in [5.41, 5.74) is 1.32. The molecular weight excluding hydrogens is 242 g/mol. The van der Waals surface area contributed by atoms with Gasteiger partial charge in [-0.1, -0.05) is 50.4 Å². The maximum absolute atomic E-state index is 6.08. The summed E-state index contributed by atoms with van der Waals surface area (Å²) in [5, 5.41) is 4.65. The van der Waals surface area contributed by atoms with Gasteiger partial charge < -0.3 is 5.32 Å². The van der Waals surface area contributed by atoms with Gasteiger partial charge in [-0.15, -0.1) is 0 Å². The van der Waals surface area contributed by atoms with Crippen LogP contribution < -0.4 is 5.32 Å². The van der Waals surface area contributed by atoms with Crippen LogP contribution in [0.4, 0.5) is 0 Å². The van der Waals surface area contributed by atoms with Crippen LogP contribution in [0.3, 0.4) is 0 Å². The van der Waals surface area contributed by atoms with Gasteiger partial charge in [0, 0.05) is 17.1 Å². The molecule has 0 amide bonds. The van der Waals surface area contributed by atoms with Gasteiger partial charge in [0.1, 0.15) is 0 Å². The normalized spacial score (nSPS) is 18.6. The molecule has 0 aromatic heterocycles. The molecule has 0 radical (unpaired) electrons. The van der Waals surface area contributed by atoms with E-state index in [1.807, 2.05) is 12.1 Å². The molecular formula is C16H24ClN. The Morgan fingerprint density at radius 1 is 1.28 bits per heavy atom. The summed E-state index contributed by atoms with van der Waals surface area (Å²) >= 11 is 6.08. The van der Waals surface area contributed by atoms with E-state index in [0.717, 1.165) is 17.4 Å². The van der Waals surface area contributed by atoms with Crippen molar-refractivity contribution in [3.63, 3.8) is 0 Å². The fourth-order valence-corrected chi connectivity index (χ4v) is 2.76. The molecule has 1 aromatic carbocycles. The first-order chi connectivity index (χ1) is 8.72. The minimum Gasteiger partial charge on any atom is -0.307 e. The van der Waals surface area contributed by atoms with Crippen LogP contribution in [0.25, 0.3) is 0 Å². The van der Waals surface area contributed by atoms with Gasteiger partial charge >= 0.3 is 0 Å². The zero-order valence-electron chi connectivity index (χ0n) is 11.5. The summed E-state index contributed by atoms with van der Waals surface area (Å²) in [6, 6.07) is 9.35. The predicted molar refractivity (Wildman–Crippen MR) is 79.0 cm³/mol. The Balaban J connectivity index is 1.98. The maximum Gasteiger partial charge on any atom is 0.0409 e. The first kappa shape index (κ1) is 13.9. The van der Waals surface area contributed by atoms with Crippen LogP contribution in [0.15, 0.2) is 24.3 Å². The van der Waals surface area contributed by atoms with Crippen molar-refractivity contribution < 1.29 is 0 Å². The number of rotatable bonds is 7. The van der Waals surface area contributed by atoms with Crippen LogP contribution in [0.5, 0.6) is 0 Å². The van der Waals surface area contributed by atoms with Gasteiger partial charge in [0.2, 0.25) is 0 Å². The van der Waals surface area contributed by atoms with Gasteiger partial charge in [0.15, 0.2) is 0 Å². The number of benzene rings is 1. The van der Waals surface area contributed by atoms with Crippen molar-refractivity contribution in [3.8, 4) is 0 Å². The zero-order chi connectivity index (χ0) is 13.0. The number of hydrogen-bond donors (Lipinski definition) is 1. The van der Waals surface area contributed by atoms with Gasteiger partial charge in [-0.2, -0.15) is 0 Å². The highest BCUT2D eigenvalue weighted by Crippen LogP contribution is 2.34. The lowest BCUT2D eigenvalue weighted by Crippen LogP contribution is -2.32. The molecule has 2 rings (SSSR count). The highest BCUT2D eigenvalue weighted by atomic mass is 35.5. The minimum atomic E-state index is 0.437. The molecule has 0 spiro atoms. The Kier molecular flexibility index (Phi) is 5.08. The zero-order valence-corrected chi connectivity index (χ0v) is 12.2. The van der Waals surface area contributed by atoms with E-state index < -0.39 is 0 Å². The molecule has 100 valence electrons. The lowest BCUT2D eigenvalue weighted by molar-refractivity contribution is 0.383. The van der Waals surface area contributed by atoms with Gasteiger partial charge in [-0.05, 0) is 42.9 Å². The van der Waals surface area contributed by atoms with Crippen LogP contribution in [0.2, 0.25) is 5.02 Å². The van der Waals surface area contributed by atoms with Gasteiger partial charge in [0.05, 0.1) is 0 Å². The minimum absolute atomic E-state index is 0.437. The Morgan fingerprint density at radius 3 is 2.61 bits per heavy atom. The standard InChI is InChI=1S/C16H24ClN/c1-3-15(10-12-8-9-12)18-16(4-2)13-6-5-7-14(17)11-13/h5-7,11-12,15-16,18H,3-4,8-10H2,1-2H3. The van der Waals surface area contributed by atoms with Crippen molar-refractivity contribution in [3.05, 3.63) is 34.9 Å². The van der Waals surface area contributed by atoms with Crippen LogP contribution in [0, 0.1) is 5.92 Å². The second-order valence-electron chi connectivity index (χ2n) is 5.47. The Morgan fingerprint density at radius 2 is 2.06 bits per heavy atom. The molecule has 2 atom stereocenters. The Hall–Kier alpha value is -0.530. The van der Waals surface area contributed by atoms with Crippen LogP contribution in [0.1, 0.15) is 57.6 Å². The molecule has 1 aliphatic carbocycles. The average molecular weight is 266 g/mol. The van der Waals surface area contributed by atoms with E-state index in [1.54, 1.807) is 0 Å². The first-order valence-electron chi connectivity index (χ1n) is 7.24. The van der Waals surface area contributed by atoms with Crippen molar-refractivity contribution in [2.75, 3.05) is 0 Å². The molecule has 2 heteroatoms. The molecule has 0 aliphatic heterocycles. The topological polar surface area (TPSA) is 12.0 Å². The van der Waals surface area contributed by atoms with Crippen molar-refractivity contribution in [2.24, 2.45) is 5.92 Å². The highest BCUT2D eigenvalue weighted by Gasteiger charge is 2.25. The van der Waals surface area contributed by atoms with E-state index in [4.69, 9.17) is 11.6 Å². The molecule has 0 saturated heterocycles. The highest BCUT2D eigenvalue weighted by molar-refractivity contribution is 6.30. The smallest absolute Gasteiger partial charge is 0.0409 e. The summed E-state index contributed by atoms with van der Waals surface area (Å²) in [7, 11) is 0. The monoisotopic (exact) mass is 265 g/mol. The summed E-state index contributed by atoms with van der Waals surface area (Å²) in [6.07, 6.45) is 6.54. The van der Waals surface area contributed by atoms with Crippen LogP contribution in [-0.4, -0.2) is 6.04 Å². The summed E-state index contributed by atoms with van der Waals surface area (Å²) in [4.78, 5) is 0. The second-order valence-corrected chi connectivity index (χ2v) is 5.90. The van der Waals surface area contributed by atoms with E-state index in [0.29, 0.717) is 12.1 Å². The molecule has 1 aromatic rings. The third-order valence-electron chi connectivity index (χ3n) is 3.90. The number of hydrogen-bond acceptors (Lipinski definition) is 1. The fourth-order valence-electron chi connectivity index (χ4n) is 2.57. The van der Waals surface area contributed by atoms with Crippen molar-refractivity contribution in [1.82, 2.24) is 5.32 Å². The molecule has 1 nitrogen and oxygen atoms in total. The van der Waals surface area contributed by atoms with Crippen LogP contribution >= 0.6 is 11.6 Å². The maximum atomic E-state index is 6.08. The molecule has 1 N–H and O–H groups in total. The van der Waals surface area contributed by atoms with Gasteiger partial charge in [-0.3, -0.25) is 0 Å². The Labute approximate surface area is 116 Å². The predicted octanol–water partition coefficient (Wildman–Crippen LogP) is 4.96. The molecule has 0 bridgehead atoms. The summed E-state index contributed by atoms with van der Waals surface area (Å²) < 4.78 is 0. The van der Waals surface area contributed by atoms with E-state index in [2.05, 4.69) is 31.3 Å². The van der Waals surface area contributed by atoms with E-state index in [-0.39, 0.29) is 0 Å². The Bertz CT molecular complexity index is 373. The molecule has 1 aliphatic rings. The van der Waals surface area contributed by atoms with E-state index in [9.17, 15) is 0 Å². The summed E-state index contributed by atoms with van der Waals surface area (Å²) in [6.45, 7) is 4.52. The van der Waals surface area contributed by atoms with Gasteiger partial charge in [-0.25, -0.2) is 0 Å². The first-order valence-corrected chi connectivity index (χ1v) is 7.62. The van der Waals surface area contributed by atoms with Crippen molar-refractivity contribution >= 4 is 11.6 Å². The summed E-state index contributed by atoms with van der Waals surface area (Å²) in [5.74, 6) is 0.985. The molecule has 1 fully saturated rings. The lowest BCUT2D eigenvalue weighted by atomic mass is 10.0. The molecule has 2 unspecified atom stereocenters. The van der Waals surface area contributed by atoms with Crippen LogP contribution in [-0.2, 0) is 0 Å². The number of nitrogens with one attached hydrogen (secondary N) is 1. The molecule has 18 heavy (non-hydrogen) atoms. The fraction of sp³-hybridized carbons (Fsp3) is 0.625. The molecule has 0 heterocycles. The lowest BCUT2D eigenvalue weighted by Gasteiger charge is -2.25. The third kappa shape index (κ3) is 4.00. The van der Waals surface area contributed by atoms with Gasteiger partial charge in [0.25, 0.3) is 0 Å². The average Bonchev–Trinajstić information content (AvgIpc) is 3.18. The van der Waals surface area contributed by atoms with E-state index in [1.165, 1.54) is 31.2 Å². The van der Waals surface area contributed by atoms with Crippen molar-refractivity contribution in [1.29, 1.82) is 0 Å². The third-order valence-corrected chi connectivity index (χ3v) is 4.14. The number of halogens is 1. The quantitative estimate of drug-likeness (QED) is 0.735. The van der Waals surface area contributed by atoms with Crippen molar-refractivity contribution in [2.45, 2.75) is 58.0 Å².